The molecule has 1 saturated carbocycles. The minimum Gasteiger partial charge on any atom is -0.493 e. The minimum atomic E-state index is -3.38. The first-order valence-corrected chi connectivity index (χ1v) is 13.7. The van der Waals surface area contributed by atoms with Gasteiger partial charge in [0.25, 0.3) is 5.91 Å². The number of carbonyl (C=O) groups excluding carboxylic acids is 1. The Morgan fingerprint density at radius 1 is 1.16 bits per heavy atom. The van der Waals surface area contributed by atoms with Crippen LogP contribution in [0.5, 0.6) is 5.75 Å². The van der Waals surface area contributed by atoms with E-state index in [2.05, 4.69) is 9.97 Å². The molecule has 3 aromatic rings. The van der Waals surface area contributed by atoms with Gasteiger partial charge in [-0.2, -0.15) is 9.37 Å². The lowest BCUT2D eigenvalue weighted by Crippen LogP contribution is -2.26. The van der Waals surface area contributed by atoms with E-state index in [1.165, 1.54) is 22.3 Å². The molecule has 1 aliphatic carbocycles. The van der Waals surface area contributed by atoms with E-state index >= 15 is 0 Å². The van der Waals surface area contributed by atoms with Crippen molar-refractivity contribution in [2.45, 2.75) is 38.0 Å². The summed E-state index contributed by atoms with van der Waals surface area (Å²) in [6.07, 6.45) is 4.00. The van der Waals surface area contributed by atoms with E-state index in [-0.39, 0.29) is 24.3 Å². The first-order valence-electron chi connectivity index (χ1n) is 12.1. The lowest BCUT2D eigenvalue weighted by molar-refractivity contribution is 0.0993. The van der Waals surface area contributed by atoms with Gasteiger partial charge in [-0.3, -0.25) is 9.10 Å². The molecular formula is C26H26FN5O4S. The first kappa shape index (κ1) is 23.7. The smallest absolute Gasteiger partial charge is 0.261 e. The van der Waals surface area contributed by atoms with Gasteiger partial charge in [-0.05, 0) is 55.2 Å². The molecule has 0 saturated heterocycles. The normalized spacial score (nSPS) is 17.8. The van der Waals surface area contributed by atoms with Crippen LogP contribution in [0.2, 0.25) is 0 Å². The Hall–Kier alpha value is -3.73. The highest BCUT2D eigenvalue weighted by atomic mass is 32.2. The predicted molar refractivity (Wildman–Crippen MR) is 138 cm³/mol. The first-order chi connectivity index (χ1) is 17.7. The van der Waals surface area contributed by atoms with Crippen LogP contribution in [0.1, 0.15) is 39.9 Å². The second-order valence-electron chi connectivity index (χ2n) is 9.69. The molecule has 0 unspecified atom stereocenters. The predicted octanol–water partition coefficient (Wildman–Crippen LogP) is 3.72. The second kappa shape index (κ2) is 8.41. The molecule has 11 heteroatoms. The lowest BCUT2D eigenvalue weighted by Gasteiger charge is -2.25. The Balaban J connectivity index is 1.28. The SMILES string of the molecule is Cc1cc(F)nc2c1N(C)C(=O)c1cc(CCOc3cccc4c3CS(=O)(=O)N4C)cnc1N2C1CC1. The van der Waals surface area contributed by atoms with Crippen LogP contribution in [0.25, 0.3) is 0 Å². The van der Waals surface area contributed by atoms with Crippen LogP contribution in [0.4, 0.5) is 27.4 Å². The number of fused-ring (bicyclic) bond motifs is 3. The molecule has 37 heavy (non-hydrogen) atoms. The number of sulfonamides is 1. The fourth-order valence-electron chi connectivity index (χ4n) is 5.08. The molecular weight excluding hydrogens is 497 g/mol. The lowest BCUT2D eigenvalue weighted by atomic mass is 10.1. The van der Waals surface area contributed by atoms with Crippen molar-refractivity contribution < 1.29 is 22.3 Å². The number of pyridine rings is 2. The summed E-state index contributed by atoms with van der Waals surface area (Å²) in [7, 11) is -0.169. The maximum atomic E-state index is 14.3. The van der Waals surface area contributed by atoms with Crippen LogP contribution in [0, 0.1) is 12.9 Å². The third kappa shape index (κ3) is 3.88. The highest BCUT2D eigenvalue weighted by Crippen LogP contribution is 2.46. The van der Waals surface area contributed by atoms with Crippen molar-refractivity contribution in [1.82, 2.24) is 9.97 Å². The topological polar surface area (TPSA) is 95.9 Å². The van der Waals surface area contributed by atoms with Crippen molar-refractivity contribution in [3.8, 4) is 5.75 Å². The summed E-state index contributed by atoms with van der Waals surface area (Å²) in [6, 6.07) is 8.56. The zero-order chi connectivity index (χ0) is 26.1. The Morgan fingerprint density at radius 2 is 1.95 bits per heavy atom. The zero-order valence-corrected chi connectivity index (χ0v) is 21.5. The maximum Gasteiger partial charge on any atom is 0.261 e. The van der Waals surface area contributed by atoms with Crippen LogP contribution in [-0.2, 0) is 22.2 Å². The van der Waals surface area contributed by atoms with Gasteiger partial charge in [-0.25, -0.2) is 13.4 Å². The van der Waals surface area contributed by atoms with Crippen LogP contribution in [0.15, 0.2) is 36.5 Å². The molecule has 4 heterocycles. The van der Waals surface area contributed by atoms with E-state index in [4.69, 9.17) is 4.74 Å². The molecule has 1 fully saturated rings. The van der Waals surface area contributed by atoms with Crippen molar-refractivity contribution in [3.05, 3.63) is 64.7 Å². The molecule has 1 aromatic carbocycles. The van der Waals surface area contributed by atoms with Gasteiger partial charge in [0.05, 0.1) is 23.5 Å². The second-order valence-corrected chi connectivity index (χ2v) is 11.7. The van der Waals surface area contributed by atoms with E-state index in [0.29, 0.717) is 51.9 Å². The van der Waals surface area contributed by atoms with Crippen molar-refractivity contribution in [3.63, 3.8) is 0 Å². The summed E-state index contributed by atoms with van der Waals surface area (Å²) in [5.41, 5.74) is 3.72. The van der Waals surface area contributed by atoms with Crippen LogP contribution >= 0.6 is 0 Å². The van der Waals surface area contributed by atoms with Gasteiger partial charge >= 0.3 is 0 Å². The van der Waals surface area contributed by atoms with Crippen LogP contribution < -0.4 is 18.8 Å². The number of anilines is 4. The largest absolute Gasteiger partial charge is 0.493 e. The van der Waals surface area contributed by atoms with Gasteiger partial charge in [0.15, 0.2) is 5.82 Å². The number of aromatic nitrogens is 2. The summed E-state index contributed by atoms with van der Waals surface area (Å²) >= 11 is 0. The number of halogens is 1. The van der Waals surface area contributed by atoms with Gasteiger partial charge < -0.3 is 14.5 Å². The standard InChI is InChI=1S/C26H26FN5O4S/c1-15-11-22(27)29-25-23(15)30(2)26(33)18-12-16(13-28-24(18)32(25)17-7-8-17)9-10-36-21-6-4-5-20-19(21)14-37(34,35)31(20)3/h4-6,11-13,17H,7-10,14H2,1-3H3. The van der Waals surface area contributed by atoms with E-state index in [9.17, 15) is 17.6 Å². The Labute approximate surface area is 214 Å². The summed E-state index contributed by atoms with van der Waals surface area (Å²) in [5.74, 6) is 0.502. The van der Waals surface area contributed by atoms with E-state index in [1.807, 2.05) is 11.0 Å². The number of ether oxygens (including phenoxy) is 1. The minimum absolute atomic E-state index is 0.0954. The number of carbonyl (C=O) groups is 1. The van der Waals surface area contributed by atoms with Crippen LogP contribution in [-0.4, -0.2) is 51.0 Å². The van der Waals surface area contributed by atoms with Gasteiger partial charge in [0.1, 0.15) is 17.3 Å². The fourth-order valence-corrected chi connectivity index (χ4v) is 6.40. The third-order valence-electron chi connectivity index (χ3n) is 7.14. The monoisotopic (exact) mass is 523 g/mol. The van der Waals surface area contributed by atoms with Crippen LogP contribution in [0.3, 0.4) is 0 Å². The van der Waals surface area contributed by atoms with Gasteiger partial charge in [0, 0.05) is 38.3 Å². The van der Waals surface area contributed by atoms with Gasteiger partial charge in [-0.1, -0.05) is 6.07 Å². The average molecular weight is 524 g/mol. The maximum absolute atomic E-state index is 14.3. The summed E-state index contributed by atoms with van der Waals surface area (Å²) in [5, 5.41) is 0. The summed E-state index contributed by atoms with van der Waals surface area (Å²) in [4.78, 5) is 25.8. The molecule has 192 valence electrons. The highest BCUT2D eigenvalue weighted by molar-refractivity contribution is 7.92. The van der Waals surface area contributed by atoms with Gasteiger partial charge in [-0.15, -0.1) is 0 Å². The number of benzene rings is 1. The van der Waals surface area contributed by atoms with E-state index in [0.717, 1.165) is 18.4 Å². The van der Waals surface area contributed by atoms with Gasteiger partial charge in [0.2, 0.25) is 16.0 Å². The van der Waals surface area contributed by atoms with Crippen molar-refractivity contribution in [2.24, 2.45) is 0 Å². The molecule has 2 aromatic heterocycles. The number of nitrogens with zero attached hydrogens (tertiary/aromatic N) is 5. The van der Waals surface area contributed by atoms with Crippen molar-refractivity contribution >= 4 is 38.9 Å². The number of aryl methyl sites for hydroxylation is 1. The molecule has 1 amide bonds. The molecule has 0 radical (unpaired) electrons. The number of hydrogen-bond acceptors (Lipinski definition) is 7. The van der Waals surface area contributed by atoms with Crippen molar-refractivity contribution in [1.29, 1.82) is 0 Å². The molecule has 2 aliphatic heterocycles. The zero-order valence-electron chi connectivity index (χ0n) is 20.7. The number of rotatable bonds is 5. The molecule has 6 rings (SSSR count). The quantitative estimate of drug-likeness (QED) is 0.471. The summed E-state index contributed by atoms with van der Waals surface area (Å²) < 4.78 is 46.2. The number of amides is 1. The highest BCUT2D eigenvalue weighted by Gasteiger charge is 2.40. The molecule has 3 aliphatic rings. The Kier molecular flexibility index (Phi) is 5.37. The van der Waals surface area contributed by atoms with E-state index < -0.39 is 16.0 Å². The molecule has 0 bridgehead atoms. The average Bonchev–Trinajstić information content (AvgIpc) is 3.66. The summed E-state index contributed by atoms with van der Waals surface area (Å²) in [6.45, 7) is 2.05. The Morgan fingerprint density at radius 3 is 2.70 bits per heavy atom. The number of hydrogen-bond donors (Lipinski definition) is 0. The molecule has 9 nitrogen and oxygen atoms in total. The molecule has 0 N–H and O–H groups in total. The molecule has 0 spiro atoms. The van der Waals surface area contributed by atoms with E-state index in [1.54, 1.807) is 38.4 Å². The van der Waals surface area contributed by atoms with Crippen molar-refractivity contribution in [2.75, 3.05) is 34.8 Å². The Bertz CT molecular complexity index is 1560. The fraction of sp³-hybridized carbons (Fsp3) is 0.346. The molecule has 0 atom stereocenters. The third-order valence-corrected chi connectivity index (χ3v) is 8.82.